The lowest BCUT2D eigenvalue weighted by Gasteiger charge is -2.30. The number of thiocarbonyl (C=S) groups is 1. The first-order valence-electron chi connectivity index (χ1n) is 11.6. The van der Waals surface area contributed by atoms with Gasteiger partial charge in [-0.05, 0) is 60.7 Å². The number of nitrogens with zero attached hydrogens (tertiary/aromatic N) is 2. The predicted octanol–water partition coefficient (Wildman–Crippen LogP) is 5.04. The Bertz CT molecular complexity index is 826. The molecule has 3 rings (SSSR count). The van der Waals surface area contributed by atoms with E-state index in [0.29, 0.717) is 0 Å². The lowest BCUT2D eigenvalue weighted by molar-refractivity contribution is 0.0368. The van der Waals surface area contributed by atoms with E-state index in [-0.39, 0.29) is 0 Å². The van der Waals surface area contributed by atoms with Crippen LogP contribution in [0.25, 0.3) is 0 Å². The van der Waals surface area contributed by atoms with E-state index in [0.717, 1.165) is 70.3 Å². The first-order chi connectivity index (χ1) is 15.1. The van der Waals surface area contributed by atoms with Crippen molar-refractivity contribution in [1.29, 1.82) is 0 Å². The zero-order valence-corrected chi connectivity index (χ0v) is 20.1. The number of hydrogen-bond acceptors (Lipinski definition) is 3. The Morgan fingerprint density at radius 1 is 1.00 bits per heavy atom. The third-order valence-electron chi connectivity index (χ3n) is 6.15. The fourth-order valence-corrected chi connectivity index (χ4v) is 4.40. The minimum Gasteiger partial charge on any atom is -0.379 e. The van der Waals surface area contributed by atoms with Gasteiger partial charge >= 0.3 is 0 Å². The topological polar surface area (TPSA) is 27.7 Å². The van der Waals surface area contributed by atoms with Gasteiger partial charge in [-0.15, -0.1) is 0 Å². The van der Waals surface area contributed by atoms with Crippen LogP contribution in [0.1, 0.15) is 42.5 Å². The van der Waals surface area contributed by atoms with Crippen LogP contribution in [0.5, 0.6) is 0 Å². The van der Waals surface area contributed by atoms with Crippen LogP contribution >= 0.6 is 12.2 Å². The molecule has 31 heavy (non-hydrogen) atoms. The molecule has 1 aliphatic heterocycles. The van der Waals surface area contributed by atoms with Crippen molar-refractivity contribution in [3.63, 3.8) is 0 Å². The van der Waals surface area contributed by atoms with Gasteiger partial charge in [0.15, 0.2) is 5.11 Å². The Morgan fingerprint density at radius 3 is 2.29 bits per heavy atom. The van der Waals surface area contributed by atoms with Crippen molar-refractivity contribution in [3.8, 4) is 0 Å². The maximum absolute atomic E-state index is 5.97. The van der Waals surface area contributed by atoms with Crippen LogP contribution in [-0.4, -0.2) is 54.3 Å². The number of benzene rings is 2. The van der Waals surface area contributed by atoms with Crippen LogP contribution in [0.2, 0.25) is 0 Å². The monoisotopic (exact) mass is 439 g/mol. The molecule has 0 unspecified atom stereocenters. The standard InChI is InChI=1S/C26H37N3OS/c1-4-22-12-8-13-23(5-2)25(22)27-26(31)29(20-24-11-7-6-10-21(24)3)15-9-14-28-16-18-30-19-17-28/h6-8,10-13H,4-5,9,14-20H2,1-3H3,(H,27,31). The van der Waals surface area contributed by atoms with E-state index < -0.39 is 0 Å². The smallest absolute Gasteiger partial charge is 0.173 e. The molecular formula is C26H37N3OS. The van der Waals surface area contributed by atoms with Crippen LogP contribution < -0.4 is 5.32 Å². The Labute approximate surface area is 193 Å². The van der Waals surface area contributed by atoms with Crippen molar-refractivity contribution in [2.75, 3.05) is 44.7 Å². The summed E-state index contributed by atoms with van der Waals surface area (Å²) in [6.45, 7) is 13.2. The molecule has 0 spiro atoms. The van der Waals surface area contributed by atoms with Crippen LogP contribution in [0.4, 0.5) is 5.69 Å². The number of para-hydroxylation sites is 1. The number of nitrogens with one attached hydrogen (secondary N) is 1. The summed E-state index contributed by atoms with van der Waals surface area (Å²) in [5, 5.41) is 4.45. The van der Waals surface area contributed by atoms with E-state index in [1.165, 1.54) is 27.9 Å². The first kappa shape index (κ1) is 23.7. The largest absolute Gasteiger partial charge is 0.379 e. The van der Waals surface area contributed by atoms with Gasteiger partial charge in [-0.3, -0.25) is 4.90 Å². The quantitative estimate of drug-likeness (QED) is 0.553. The molecule has 0 atom stereocenters. The Morgan fingerprint density at radius 2 is 1.65 bits per heavy atom. The fraction of sp³-hybridized carbons (Fsp3) is 0.500. The van der Waals surface area contributed by atoms with Gasteiger partial charge in [-0.2, -0.15) is 0 Å². The van der Waals surface area contributed by atoms with E-state index in [4.69, 9.17) is 17.0 Å². The molecular weight excluding hydrogens is 402 g/mol. The van der Waals surface area contributed by atoms with Gasteiger partial charge in [-0.1, -0.05) is 56.3 Å². The average Bonchev–Trinajstić information content (AvgIpc) is 2.80. The summed E-state index contributed by atoms with van der Waals surface area (Å²) < 4.78 is 5.48. The molecule has 1 N–H and O–H groups in total. The molecule has 1 heterocycles. The van der Waals surface area contributed by atoms with Gasteiger partial charge in [0.1, 0.15) is 0 Å². The molecule has 5 heteroatoms. The van der Waals surface area contributed by atoms with Gasteiger partial charge in [0.2, 0.25) is 0 Å². The molecule has 168 valence electrons. The molecule has 4 nitrogen and oxygen atoms in total. The molecule has 1 saturated heterocycles. The SMILES string of the molecule is CCc1cccc(CC)c1NC(=S)N(CCCN1CCOCC1)Cc1ccccc1C. The maximum atomic E-state index is 5.97. The number of rotatable bonds is 9. The normalized spacial score (nSPS) is 14.4. The molecule has 1 aliphatic rings. The maximum Gasteiger partial charge on any atom is 0.173 e. The first-order valence-corrected chi connectivity index (χ1v) is 12.0. The zero-order chi connectivity index (χ0) is 22.1. The van der Waals surface area contributed by atoms with E-state index in [1.807, 2.05) is 0 Å². The molecule has 0 amide bonds. The predicted molar refractivity (Wildman–Crippen MR) is 135 cm³/mol. The van der Waals surface area contributed by atoms with Crippen LogP contribution in [0.3, 0.4) is 0 Å². The summed E-state index contributed by atoms with van der Waals surface area (Å²) in [6.07, 6.45) is 3.07. The highest BCUT2D eigenvalue weighted by Gasteiger charge is 2.16. The summed E-state index contributed by atoms with van der Waals surface area (Å²) in [6, 6.07) is 15.2. The number of aryl methyl sites for hydroxylation is 3. The van der Waals surface area contributed by atoms with Gasteiger partial charge < -0.3 is 15.0 Å². The van der Waals surface area contributed by atoms with Crippen molar-refractivity contribution in [1.82, 2.24) is 9.80 Å². The highest BCUT2D eigenvalue weighted by Crippen LogP contribution is 2.23. The van der Waals surface area contributed by atoms with Crippen molar-refractivity contribution < 1.29 is 4.74 Å². The third-order valence-corrected chi connectivity index (χ3v) is 6.51. The van der Waals surface area contributed by atoms with Gasteiger partial charge in [0.05, 0.1) is 13.2 Å². The van der Waals surface area contributed by atoms with Crippen LogP contribution in [0.15, 0.2) is 42.5 Å². The highest BCUT2D eigenvalue weighted by atomic mass is 32.1. The summed E-state index contributed by atoms with van der Waals surface area (Å²) >= 11 is 5.97. The zero-order valence-electron chi connectivity index (χ0n) is 19.3. The minimum atomic E-state index is 0.820. The van der Waals surface area contributed by atoms with Crippen LogP contribution in [-0.2, 0) is 24.1 Å². The number of morpholine rings is 1. The summed E-state index contributed by atoms with van der Waals surface area (Å²) in [7, 11) is 0. The lowest BCUT2D eigenvalue weighted by atomic mass is 10.0. The number of anilines is 1. The van der Waals surface area contributed by atoms with Gasteiger partial charge in [0, 0.05) is 38.4 Å². The summed E-state index contributed by atoms with van der Waals surface area (Å²) in [5.74, 6) is 0. The highest BCUT2D eigenvalue weighted by molar-refractivity contribution is 7.80. The molecule has 0 saturated carbocycles. The Balaban J connectivity index is 1.73. The molecule has 1 fully saturated rings. The van der Waals surface area contributed by atoms with E-state index >= 15 is 0 Å². The Hall–Kier alpha value is -1.95. The van der Waals surface area contributed by atoms with E-state index in [1.54, 1.807) is 0 Å². The Kier molecular flexibility index (Phi) is 9.31. The fourth-order valence-electron chi connectivity index (χ4n) is 4.14. The van der Waals surface area contributed by atoms with Crippen molar-refractivity contribution in [3.05, 3.63) is 64.7 Å². The lowest BCUT2D eigenvalue weighted by Crippen LogP contribution is -2.40. The number of hydrogen-bond donors (Lipinski definition) is 1. The van der Waals surface area contributed by atoms with E-state index in [9.17, 15) is 0 Å². The molecule has 0 aliphatic carbocycles. The van der Waals surface area contributed by atoms with Crippen LogP contribution in [0, 0.1) is 6.92 Å². The molecule has 0 bridgehead atoms. The molecule has 2 aromatic carbocycles. The van der Waals surface area contributed by atoms with Crippen molar-refractivity contribution >= 4 is 23.0 Å². The average molecular weight is 440 g/mol. The van der Waals surface area contributed by atoms with E-state index in [2.05, 4.69) is 78.4 Å². The second kappa shape index (κ2) is 12.2. The second-order valence-electron chi connectivity index (χ2n) is 8.24. The van der Waals surface area contributed by atoms with Gasteiger partial charge in [0.25, 0.3) is 0 Å². The molecule has 0 radical (unpaired) electrons. The van der Waals surface area contributed by atoms with Gasteiger partial charge in [-0.25, -0.2) is 0 Å². The molecule has 0 aromatic heterocycles. The third kappa shape index (κ3) is 6.76. The molecule has 2 aromatic rings. The summed E-state index contributed by atoms with van der Waals surface area (Å²) in [4.78, 5) is 4.83. The second-order valence-corrected chi connectivity index (χ2v) is 8.63. The number of ether oxygens (including phenoxy) is 1. The minimum absolute atomic E-state index is 0.820. The summed E-state index contributed by atoms with van der Waals surface area (Å²) in [5.41, 5.74) is 6.49. The van der Waals surface area contributed by atoms with Crippen molar-refractivity contribution in [2.24, 2.45) is 0 Å². The van der Waals surface area contributed by atoms with Crippen molar-refractivity contribution in [2.45, 2.75) is 46.6 Å².